The van der Waals surface area contributed by atoms with Crippen LogP contribution in [0, 0.1) is 0 Å². The Morgan fingerprint density at radius 2 is 1.69 bits per heavy atom. The summed E-state index contributed by atoms with van der Waals surface area (Å²) in [7, 11) is 0. The maximum absolute atomic E-state index is 13.4. The van der Waals surface area contributed by atoms with Gasteiger partial charge < -0.3 is 14.5 Å². The Hall–Kier alpha value is -3.25. The van der Waals surface area contributed by atoms with E-state index in [1.807, 2.05) is 65.7 Å². The molecule has 0 atom stereocenters. The fourth-order valence-corrected chi connectivity index (χ4v) is 3.93. The second-order valence-electron chi connectivity index (χ2n) is 7.31. The van der Waals surface area contributed by atoms with Crippen molar-refractivity contribution in [2.75, 3.05) is 31.2 Å². The van der Waals surface area contributed by atoms with Crippen molar-refractivity contribution >= 4 is 11.6 Å². The fraction of sp³-hybridized carbons (Fsp3) is 0.261. The van der Waals surface area contributed by atoms with Crippen molar-refractivity contribution in [2.45, 2.75) is 13.1 Å². The van der Waals surface area contributed by atoms with Crippen LogP contribution < -0.4 is 4.90 Å². The van der Waals surface area contributed by atoms with Crippen molar-refractivity contribution in [3.05, 3.63) is 77.6 Å². The Morgan fingerprint density at radius 1 is 0.931 bits per heavy atom. The molecule has 0 N–H and O–H groups in total. The van der Waals surface area contributed by atoms with Gasteiger partial charge in [0.15, 0.2) is 5.82 Å². The molecule has 0 bridgehead atoms. The van der Waals surface area contributed by atoms with Crippen LogP contribution in [0.15, 0.2) is 60.8 Å². The lowest BCUT2D eigenvalue weighted by Crippen LogP contribution is -2.38. The summed E-state index contributed by atoms with van der Waals surface area (Å²) >= 11 is 0. The van der Waals surface area contributed by atoms with Crippen LogP contribution in [0.3, 0.4) is 0 Å². The van der Waals surface area contributed by atoms with Crippen molar-refractivity contribution < 1.29 is 9.53 Å². The number of anilines is 1. The van der Waals surface area contributed by atoms with Crippen LogP contribution in [0.2, 0.25) is 0 Å². The van der Waals surface area contributed by atoms with E-state index in [-0.39, 0.29) is 5.91 Å². The molecule has 0 spiro atoms. The number of fused-ring (bicyclic) bond motifs is 1. The predicted molar refractivity (Wildman–Crippen MR) is 111 cm³/mol. The first-order valence-corrected chi connectivity index (χ1v) is 9.91. The number of ether oxygens (including phenoxy) is 1. The van der Waals surface area contributed by atoms with E-state index in [0.717, 1.165) is 41.2 Å². The van der Waals surface area contributed by atoms with Crippen LogP contribution in [-0.4, -0.2) is 47.1 Å². The number of morpholine rings is 1. The quantitative estimate of drug-likeness (QED) is 0.692. The van der Waals surface area contributed by atoms with Crippen LogP contribution in [0.4, 0.5) is 5.69 Å². The number of hydrogen-bond donors (Lipinski definition) is 0. The first kappa shape index (κ1) is 17.8. The number of carbonyl (C=O) groups is 1. The van der Waals surface area contributed by atoms with Crippen LogP contribution in [0.25, 0.3) is 11.4 Å². The molecular weight excluding hydrogens is 364 g/mol. The average Bonchev–Trinajstić information content (AvgIpc) is 3.23. The normalized spacial score (nSPS) is 16.0. The topological polar surface area (TPSA) is 58.6 Å². The standard InChI is InChI=1S/C23H22N4O2/c28-23(19-8-4-5-9-21(19)26-10-12-29-13-11-26)27-15-18-14-24-22(25-20(18)16-27)17-6-2-1-3-7-17/h1-9,14H,10-13,15-16H2. The molecule has 0 radical (unpaired) electrons. The Labute approximate surface area is 169 Å². The van der Waals surface area contributed by atoms with E-state index in [9.17, 15) is 4.79 Å². The average molecular weight is 386 g/mol. The van der Waals surface area contributed by atoms with Crippen LogP contribution in [-0.2, 0) is 17.8 Å². The first-order valence-electron chi connectivity index (χ1n) is 9.91. The molecule has 146 valence electrons. The number of para-hydroxylation sites is 1. The molecule has 0 unspecified atom stereocenters. The van der Waals surface area contributed by atoms with E-state index in [0.29, 0.717) is 32.1 Å². The number of rotatable bonds is 3. The minimum Gasteiger partial charge on any atom is -0.378 e. The van der Waals surface area contributed by atoms with Crippen molar-refractivity contribution in [3.63, 3.8) is 0 Å². The van der Waals surface area contributed by atoms with E-state index in [4.69, 9.17) is 9.72 Å². The summed E-state index contributed by atoms with van der Waals surface area (Å²) in [5, 5.41) is 0. The van der Waals surface area contributed by atoms with Gasteiger partial charge in [-0.25, -0.2) is 9.97 Å². The van der Waals surface area contributed by atoms with Gasteiger partial charge in [0.2, 0.25) is 0 Å². The molecule has 6 heteroatoms. The fourth-order valence-electron chi connectivity index (χ4n) is 3.93. The molecule has 6 nitrogen and oxygen atoms in total. The van der Waals surface area contributed by atoms with E-state index < -0.39 is 0 Å². The minimum absolute atomic E-state index is 0.0337. The van der Waals surface area contributed by atoms with E-state index in [2.05, 4.69) is 9.88 Å². The van der Waals surface area contributed by atoms with Crippen LogP contribution in [0.1, 0.15) is 21.6 Å². The van der Waals surface area contributed by atoms with E-state index in [1.54, 1.807) is 0 Å². The zero-order valence-electron chi connectivity index (χ0n) is 16.1. The molecule has 1 saturated heterocycles. The third-order valence-electron chi connectivity index (χ3n) is 5.46. The highest BCUT2D eigenvalue weighted by Crippen LogP contribution is 2.28. The summed E-state index contributed by atoms with van der Waals surface area (Å²) < 4.78 is 5.46. The molecule has 1 fully saturated rings. The number of hydrogen-bond acceptors (Lipinski definition) is 5. The summed E-state index contributed by atoms with van der Waals surface area (Å²) in [6.07, 6.45) is 1.85. The SMILES string of the molecule is O=C(c1ccccc1N1CCOCC1)N1Cc2cnc(-c3ccccc3)nc2C1. The number of amides is 1. The molecule has 3 aromatic rings. The van der Waals surface area contributed by atoms with Crippen molar-refractivity contribution in [1.29, 1.82) is 0 Å². The Bertz CT molecular complexity index is 1030. The molecule has 29 heavy (non-hydrogen) atoms. The van der Waals surface area contributed by atoms with Crippen molar-refractivity contribution in [2.24, 2.45) is 0 Å². The first-order chi connectivity index (χ1) is 14.3. The predicted octanol–water partition coefficient (Wildman–Crippen LogP) is 3.14. The molecule has 0 aliphatic carbocycles. The monoisotopic (exact) mass is 386 g/mol. The van der Waals surface area contributed by atoms with E-state index >= 15 is 0 Å². The largest absolute Gasteiger partial charge is 0.378 e. The lowest BCUT2D eigenvalue weighted by molar-refractivity contribution is 0.0749. The molecule has 2 aliphatic rings. The van der Waals surface area contributed by atoms with Gasteiger partial charge in [-0.2, -0.15) is 0 Å². The Kier molecular flexibility index (Phi) is 4.69. The summed E-state index contributed by atoms with van der Waals surface area (Å²) in [5.74, 6) is 0.735. The Morgan fingerprint density at radius 3 is 2.52 bits per heavy atom. The van der Waals surface area contributed by atoms with Gasteiger partial charge >= 0.3 is 0 Å². The lowest BCUT2D eigenvalue weighted by atomic mass is 10.1. The highest BCUT2D eigenvalue weighted by molar-refractivity contribution is 6.00. The maximum atomic E-state index is 13.4. The third-order valence-corrected chi connectivity index (χ3v) is 5.46. The number of benzene rings is 2. The van der Waals surface area contributed by atoms with Gasteiger partial charge in [-0.3, -0.25) is 4.79 Å². The van der Waals surface area contributed by atoms with Gasteiger partial charge in [-0.05, 0) is 12.1 Å². The molecule has 3 heterocycles. The summed E-state index contributed by atoms with van der Waals surface area (Å²) in [5.41, 5.74) is 4.64. The highest BCUT2D eigenvalue weighted by Gasteiger charge is 2.28. The van der Waals surface area contributed by atoms with Gasteiger partial charge in [0, 0.05) is 42.6 Å². The van der Waals surface area contributed by atoms with Crippen molar-refractivity contribution in [3.8, 4) is 11.4 Å². The van der Waals surface area contributed by atoms with E-state index in [1.165, 1.54) is 0 Å². The van der Waals surface area contributed by atoms with Gasteiger partial charge in [-0.1, -0.05) is 42.5 Å². The molecule has 2 aliphatic heterocycles. The van der Waals surface area contributed by atoms with Gasteiger partial charge in [0.1, 0.15) is 0 Å². The van der Waals surface area contributed by atoms with Crippen LogP contribution >= 0.6 is 0 Å². The zero-order valence-corrected chi connectivity index (χ0v) is 16.1. The molecule has 2 aromatic carbocycles. The van der Waals surface area contributed by atoms with Crippen molar-refractivity contribution in [1.82, 2.24) is 14.9 Å². The number of aromatic nitrogens is 2. The molecule has 1 amide bonds. The van der Waals surface area contributed by atoms with Gasteiger partial charge in [0.05, 0.1) is 31.0 Å². The number of carbonyl (C=O) groups excluding carboxylic acids is 1. The maximum Gasteiger partial charge on any atom is 0.256 e. The second-order valence-corrected chi connectivity index (χ2v) is 7.31. The summed E-state index contributed by atoms with van der Waals surface area (Å²) in [6, 6.07) is 17.8. The third kappa shape index (κ3) is 3.47. The van der Waals surface area contributed by atoms with Gasteiger partial charge in [0.25, 0.3) is 5.91 Å². The lowest BCUT2D eigenvalue weighted by Gasteiger charge is -2.31. The van der Waals surface area contributed by atoms with Gasteiger partial charge in [-0.15, -0.1) is 0 Å². The second kappa shape index (κ2) is 7.64. The highest BCUT2D eigenvalue weighted by atomic mass is 16.5. The summed E-state index contributed by atoms with van der Waals surface area (Å²) in [4.78, 5) is 26.7. The smallest absolute Gasteiger partial charge is 0.256 e. The minimum atomic E-state index is 0.0337. The number of nitrogens with zero attached hydrogens (tertiary/aromatic N) is 4. The molecule has 0 saturated carbocycles. The Balaban J connectivity index is 1.39. The zero-order chi connectivity index (χ0) is 19.6. The molecular formula is C23H22N4O2. The molecule has 1 aromatic heterocycles. The molecule has 5 rings (SSSR count). The summed E-state index contributed by atoms with van der Waals surface area (Å²) in [6.45, 7) is 4.03. The van der Waals surface area contributed by atoms with Crippen LogP contribution in [0.5, 0.6) is 0 Å².